The van der Waals surface area contributed by atoms with E-state index in [2.05, 4.69) is 5.32 Å². The molecule has 0 aliphatic heterocycles. The lowest BCUT2D eigenvalue weighted by Crippen LogP contribution is -2.42. The number of rotatable bonds is 5. The highest BCUT2D eigenvalue weighted by molar-refractivity contribution is 6.32. The quantitative estimate of drug-likeness (QED) is 0.733. The van der Waals surface area contributed by atoms with Crippen molar-refractivity contribution < 1.29 is 4.79 Å². The van der Waals surface area contributed by atoms with Gasteiger partial charge in [-0.2, -0.15) is 0 Å². The van der Waals surface area contributed by atoms with Crippen LogP contribution in [0.3, 0.4) is 0 Å². The molecule has 0 saturated heterocycles. The lowest BCUT2D eigenvalue weighted by molar-refractivity contribution is -0.121. The molecule has 140 valence electrons. The second kappa shape index (κ2) is 7.80. The third-order valence-corrected chi connectivity index (χ3v) is 4.47. The van der Waals surface area contributed by atoms with Crippen LogP contribution in [0.5, 0.6) is 0 Å². The molecule has 0 unspecified atom stereocenters. The van der Waals surface area contributed by atoms with Gasteiger partial charge in [-0.3, -0.25) is 14.2 Å². The van der Waals surface area contributed by atoms with E-state index in [0.717, 1.165) is 4.57 Å². The Kier molecular flexibility index (Phi) is 5.46. The number of hydrogen-bond acceptors (Lipinski definition) is 3. The zero-order chi connectivity index (χ0) is 19.6. The number of carbonyl (C=O) groups is 1. The minimum absolute atomic E-state index is 0.184. The van der Waals surface area contributed by atoms with Gasteiger partial charge in [0.15, 0.2) is 0 Å². The normalized spacial score (nSPS) is 11.1. The molecule has 1 aromatic heterocycles. The van der Waals surface area contributed by atoms with Crippen molar-refractivity contribution in [3.63, 3.8) is 0 Å². The van der Waals surface area contributed by atoms with Gasteiger partial charge in [0.2, 0.25) is 5.91 Å². The number of amides is 1. The van der Waals surface area contributed by atoms with E-state index in [-0.39, 0.29) is 23.2 Å². The number of para-hydroxylation sites is 2. The molecule has 1 heterocycles. The first-order valence-electron chi connectivity index (χ1n) is 8.66. The molecule has 1 amide bonds. The maximum absolute atomic E-state index is 13.1. The average molecular weight is 386 g/mol. The van der Waals surface area contributed by atoms with Crippen molar-refractivity contribution in [1.29, 1.82) is 0 Å². The Bertz CT molecular complexity index is 1120. The van der Waals surface area contributed by atoms with Crippen LogP contribution in [0, 0.1) is 5.92 Å². The summed E-state index contributed by atoms with van der Waals surface area (Å²) in [5, 5.41) is 3.42. The molecule has 27 heavy (non-hydrogen) atoms. The van der Waals surface area contributed by atoms with Crippen molar-refractivity contribution in [2.24, 2.45) is 5.92 Å². The Labute approximate surface area is 161 Å². The summed E-state index contributed by atoms with van der Waals surface area (Å²) in [7, 11) is 0. The Morgan fingerprint density at radius 1 is 1.07 bits per heavy atom. The number of fused-ring (bicyclic) bond motifs is 1. The SMILES string of the molecule is CC(C)CNC(=O)Cn1c(=O)n(-c2ccccc2Cl)c(=O)c2ccccc21. The van der Waals surface area contributed by atoms with Gasteiger partial charge in [0.1, 0.15) is 6.54 Å². The van der Waals surface area contributed by atoms with Gasteiger partial charge in [-0.1, -0.05) is 49.7 Å². The standard InChI is InChI=1S/C20H20ClN3O3/c1-13(2)11-22-18(25)12-23-16-9-5-3-7-14(16)19(26)24(20(23)27)17-10-6-4-8-15(17)21/h3-10,13H,11-12H2,1-2H3,(H,22,25). The van der Waals surface area contributed by atoms with Crippen LogP contribution in [-0.2, 0) is 11.3 Å². The van der Waals surface area contributed by atoms with E-state index in [0.29, 0.717) is 23.4 Å². The van der Waals surface area contributed by atoms with Gasteiger partial charge >= 0.3 is 5.69 Å². The zero-order valence-corrected chi connectivity index (χ0v) is 15.9. The van der Waals surface area contributed by atoms with Crippen LogP contribution in [0.4, 0.5) is 0 Å². The number of halogens is 1. The van der Waals surface area contributed by atoms with Gasteiger partial charge in [-0.05, 0) is 30.2 Å². The average Bonchev–Trinajstić information content (AvgIpc) is 2.65. The molecule has 0 radical (unpaired) electrons. The maximum Gasteiger partial charge on any atom is 0.336 e. The number of nitrogens with zero attached hydrogens (tertiary/aromatic N) is 2. The first-order chi connectivity index (χ1) is 12.9. The molecule has 2 aromatic carbocycles. The van der Waals surface area contributed by atoms with Gasteiger partial charge in [-0.15, -0.1) is 0 Å². The number of benzene rings is 2. The fraction of sp³-hybridized carbons (Fsp3) is 0.250. The molecule has 0 fully saturated rings. The largest absolute Gasteiger partial charge is 0.354 e. The molecule has 0 aliphatic carbocycles. The number of nitrogens with one attached hydrogen (secondary N) is 1. The van der Waals surface area contributed by atoms with E-state index in [1.165, 1.54) is 4.57 Å². The topological polar surface area (TPSA) is 73.1 Å². The molecular weight excluding hydrogens is 366 g/mol. The molecule has 0 atom stereocenters. The molecule has 1 N–H and O–H groups in total. The van der Waals surface area contributed by atoms with Crippen LogP contribution in [0.1, 0.15) is 13.8 Å². The van der Waals surface area contributed by atoms with E-state index in [9.17, 15) is 14.4 Å². The Balaban J connectivity index is 2.21. The van der Waals surface area contributed by atoms with E-state index in [4.69, 9.17) is 11.6 Å². The van der Waals surface area contributed by atoms with Crippen LogP contribution in [0.15, 0.2) is 58.1 Å². The molecule has 0 spiro atoms. The number of carbonyl (C=O) groups excluding carboxylic acids is 1. The number of hydrogen-bond donors (Lipinski definition) is 1. The first kappa shape index (κ1) is 18.9. The summed E-state index contributed by atoms with van der Waals surface area (Å²) in [5.41, 5.74) is -0.374. The molecule has 3 aromatic rings. The van der Waals surface area contributed by atoms with Crippen LogP contribution in [0.2, 0.25) is 5.02 Å². The fourth-order valence-corrected chi connectivity index (χ4v) is 3.06. The summed E-state index contributed by atoms with van der Waals surface area (Å²) >= 11 is 6.21. The fourth-order valence-electron chi connectivity index (χ4n) is 2.84. The monoisotopic (exact) mass is 385 g/mol. The minimum Gasteiger partial charge on any atom is -0.354 e. The van der Waals surface area contributed by atoms with Crippen molar-refractivity contribution in [3.05, 3.63) is 74.4 Å². The van der Waals surface area contributed by atoms with Crippen molar-refractivity contribution in [2.45, 2.75) is 20.4 Å². The molecule has 0 saturated carbocycles. The number of aromatic nitrogens is 2. The van der Waals surface area contributed by atoms with E-state index < -0.39 is 11.2 Å². The van der Waals surface area contributed by atoms with Gasteiger partial charge in [0.25, 0.3) is 5.56 Å². The smallest absolute Gasteiger partial charge is 0.336 e. The van der Waals surface area contributed by atoms with E-state index >= 15 is 0 Å². The minimum atomic E-state index is -0.605. The maximum atomic E-state index is 13.1. The highest BCUT2D eigenvalue weighted by Gasteiger charge is 2.17. The van der Waals surface area contributed by atoms with Crippen LogP contribution >= 0.6 is 11.6 Å². The Morgan fingerprint density at radius 2 is 1.74 bits per heavy atom. The second-order valence-electron chi connectivity index (χ2n) is 6.68. The van der Waals surface area contributed by atoms with Crippen molar-refractivity contribution in [2.75, 3.05) is 6.54 Å². The summed E-state index contributed by atoms with van der Waals surface area (Å²) in [6.07, 6.45) is 0. The van der Waals surface area contributed by atoms with Gasteiger partial charge < -0.3 is 5.32 Å². The second-order valence-corrected chi connectivity index (χ2v) is 7.08. The molecule has 7 heteroatoms. The van der Waals surface area contributed by atoms with Crippen molar-refractivity contribution >= 4 is 28.4 Å². The van der Waals surface area contributed by atoms with Crippen molar-refractivity contribution in [1.82, 2.24) is 14.5 Å². The first-order valence-corrected chi connectivity index (χ1v) is 9.04. The predicted molar refractivity (Wildman–Crippen MR) is 107 cm³/mol. The van der Waals surface area contributed by atoms with Crippen LogP contribution in [0.25, 0.3) is 16.6 Å². The highest BCUT2D eigenvalue weighted by atomic mass is 35.5. The summed E-state index contributed by atoms with van der Waals surface area (Å²) in [5.74, 6) is -0.000180. The van der Waals surface area contributed by atoms with Gasteiger partial charge in [-0.25, -0.2) is 9.36 Å². The third kappa shape index (κ3) is 3.80. The predicted octanol–water partition coefficient (Wildman–Crippen LogP) is 2.58. The van der Waals surface area contributed by atoms with Crippen molar-refractivity contribution in [3.8, 4) is 5.69 Å². The van der Waals surface area contributed by atoms with E-state index in [1.54, 1.807) is 48.5 Å². The van der Waals surface area contributed by atoms with Gasteiger partial charge in [0.05, 0.1) is 21.6 Å². The van der Waals surface area contributed by atoms with Crippen LogP contribution in [-0.4, -0.2) is 21.6 Å². The van der Waals surface area contributed by atoms with Gasteiger partial charge in [0, 0.05) is 6.54 Å². The third-order valence-electron chi connectivity index (χ3n) is 4.15. The molecule has 6 nitrogen and oxygen atoms in total. The zero-order valence-electron chi connectivity index (χ0n) is 15.1. The summed E-state index contributed by atoms with van der Waals surface area (Å²) in [6, 6.07) is 13.4. The van der Waals surface area contributed by atoms with Crippen LogP contribution < -0.4 is 16.6 Å². The molecule has 3 rings (SSSR count). The lowest BCUT2D eigenvalue weighted by Gasteiger charge is -2.15. The summed E-state index contributed by atoms with van der Waals surface area (Å²) in [6.45, 7) is 4.30. The highest BCUT2D eigenvalue weighted by Crippen LogP contribution is 2.18. The summed E-state index contributed by atoms with van der Waals surface area (Å²) < 4.78 is 2.32. The Hall–Kier alpha value is -2.86. The molecule has 0 bridgehead atoms. The Morgan fingerprint density at radius 3 is 2.44 bits per heavy atom. The molecule has 0 aliphatic rings. The lowest BCUT2D eigenvalue weighted by atomic mass is 10.2. The molecular formula is C20H20ClN3O3. The summed E-state index contributed by atoms with van der Waals surface area (Å²) in [4.78, 5) is 38.4. The van der Waals surface area contributed by atoms with E-state index in [1.807, 2.05) is 13.8 Å².